The molecule has 0 aromatic carbocycles. The number of aliphatic carboxylic acids is 5. The van der Waals surface area contributed by atoms with Gasteiger partial charge in [-0.3, -0.25) is 4.79 Å². The van der Waals surface area contributed by atoms with Crippen molar-refractivity contribution in [3.8, 4) is 0 Å². The van der Waals surface area contributed by atoms with Gasteiger partial charge in [0.2, 0.25) is 0 Å². The Kier molecular flexibility index (Phi) is 38.1. The molecule has 27 heavy (non-hydrogen) atoms. The van der Waals surface area contributed by atoms with Crippen LogP contribution in [0.1, 0.15) is 19.3 Å². The van der Waals surface area contributed by atoms with Gasteiger partial charge in [-0.25, -0.2) is 4.79 Å². The zero-order chi connectivity index (χ0) is 18.1. The van der Waals surface area contributed by atoms with E-state index in [4.69, 9.17) is 20.4 Å². The molecule has 2 unspecified atom stereocenters. The zero-order valence-electron chi connectivity index (χ0n) is 14.8. The maximum Gasteiger partial charge on any atom is 1.00 e. The van der Waals surface area contributed by atoms with Crippen LogP contribution >= 0.6 is 0 Å². The van der Waals surface area contributed by atoms with Crippen molar-refractivity contribution in [2.24, 2.45) is 0 Å². The van der Waals surface area contributed by atoms with Gasteiger partial charge in [-0.1, -0.05) is 0 Å². The molecule has 0 saturated carbocycles. The number of rotatable bonds is 8. The fourth-order valence-electron chi connectivity index (χ4n) is 0.944. The monoisotopic (exact) mass is 428 g/mol. The fraction of sp³-hybridized carbons (Fsp3) is 0.500. The minimum Gasteiger partial charge on any atom is -0.550 e. The summed E-state index contributed by atoms with van der Waals surface area (Å²) in [6.45, 7) is 0. The summed E-state index contributed by atoms with van der Waals surface area (Å²) in [5.41, 5.74) is -2.80. The molecule has 0 aliphatic carbocycles. The van der Waals surface area contributed by atoms with E-state index in [9.17, 15) is 39.3 Å². The van der Waals surface area contributed by atoms with Crippen LogP contribution in [0.2, 0.25) is 0 Å². The normalized spacial score (nSPS) is 11.2. The molecule has 0 aliphatic rings. The second-order valence-corrected chi connectivity index (χ2v) is 3.87. The number of carbonyl (C=O) groups is 5. The van der Waals surface area contributed by atoms with E-state index in [1.54, 1.807) is 0 Å². The van der Waals surface area contributed by atoms with Crippen LogP contribution < -0.4 is 104 Å². The summed E-state index contributed by atoms with van der Waals surface area (Å²) in [6.07, 6.45) is -5.33. The van der Waals surface area contributed by atoms with Crippen LogP contribution in [0.3, 0.4) is 0 Å². The summed E-state index contributed by atoms with van der Waals surface area (Å²) >= 11 is 0. The third kappa shape index (κ3) is 26.2. The van der Waals surface area contributed by atoms with E-state index in [-0.39, 0.29) is 99.6 Å². The van der Waals surface area contributed by atoms with E-state index in [1.807, 2.05) is 0 Å². The Hall–Kier alpha value is 0.190. The average molecular weight is 428 g/mol. The number of carboxylic acid groups (broad SMARTS) is 5. The first-order valence-electron chi connectivity index (χ1n) is 5.28. The number of hydrogen-bond donors (Lipinski definition) is 4. The first-order valence-corrected chi connectivity index (χ1v) is 5.28. The standard InChI is InChI=1S/C6H8O7.C4H6O5.3Na.2H2O/c7-3(8)1-6(13,5(11)12)2-4(9)10;5-2(4(8)9)1-3(6)7;;;;;/h13H,1-2H2,(H,7,8)(H,9,10)(H,11,12);2,5H,1H2,(H,6,7)(H,8,9);;;;2*1H2/q;;3*+1;;/p-3. The van der Waals surface area contributed by atoms with Crippen molar-refractivity contribution >= 4 is 29.8 Å². The van der Waals surface area contributed by atoms with Crippen molar-refractivity contribution < 1.29 is 159 Å². The summed E-state index contributed by atoms with van der Waals surface area (Å²) in [7, 11) is 0. The second-order valence-electron chi connectivity index (χ2n) is 3.87. The zero-order valence-corrected chi connectivity index (χ0v) is 20.8. The van der Waals surface area contributed by atoms with E-state index < -0.39 is 60.8 Å². The van der Waals surface area contributed by atoms with Crippen molar-refractivity contribution in [3.63, 3.8) is 0 Å². The van der Waals surface area contributed by atoms with E-state index in [0.29, 0.717) is 0 Å². The van der Waals surface area contributed by atoms with Gasteiger partial charge in [0.15, 0.2) is 5.60 Å². The minimum atomic E-state index is -2.80. The summed E-state index contributed by atoms with van der Waals surface area (Å²) in [6, 6.07) is 0. The molecule has 0 aromatic heterocycles. The molecule has 0 fully saturated rings. The predicted octanol–water partition coefficient (Wildman–Crippen LogP) is -17.0. The molecule has 0 aliphatic heterocycles. The first kappa shape index (κ1) is 45.8. The molecule has 17 heteroatoms. The number of aliphatic hydroxyl groups excluding tert-OH is 1. The Labute approximate surface area is 218 Å². The molecular weight excluding hydrogens is 413 g/mol. The fourth-order valence-corrected chi connectivity index (χ4v) is 0.944. The maximum absolute atomic E-state index is 10.3. The summed E-state index contributed by atoms with van der Waals surface area (Å²) < 4.78 is 0. The van der Waals surface area contributed by atoms with Gasteiger partial charge in [-0.2, -0.15) is 0 Å². The van der Waals surface area contributed by atoms with Crippen LogP contribution in [-0.4, -0.2) is 72.9 Å². The van der Waals surface area contributed by atoms with E-state index in [2.05, 4.69) is 0 Å². The van der Waals surface area contributed by atoms with Gasteiger partial charge >= 0.3 is 101 Å². The van der Waals surface area contributed by atoms with E-state index in [1.165, 1.54) is 0 Å². The van der Waals surface area contributed by atoms with Gasteiger partial charge in [0.25, 0.3) is 0 Å². The number of hydrogen-bond acceptors (Lipinski definition) is 10. The Morgan fingerprint density at radius 2 is 1.19 bits per heavy atom. The predicted molar refractivity (Wildman–Crippen MR) is 62.3 cm³/mol. The Morgan fingerprint density at radius 3 is 1.33 bits per heavy atom. The maximum atomic E-state index is 10.3. The van der Waals surface area contributed by atoms with Crippen LogP contribution in [0.25, 0.3) is 0 Å². The molecule has 0 amide bonds. The SMILES string of the molecule is O.O.O=C([O-])CC(O)(CC(=O)O)C(=O)O.O=C([O-])CC(O)C(=O)[O-].[Na+].[Na+].[Na+]. The minimum absolute atomic E-state index is 0. The van der Waals surface area contributed by atoms with E-state index in [0.717, 1.165) is 0 Å². The van der Waals surface area contributed by atoms with Crippen molar-refractivity contribution in [1.82, 2.24) is 0 Å². The van der Waals surface area contributed by atoms with Gasteiger partial charge in [0.05, 0.1) is 18.5 Å². The average Bonchev–Trinajstić information content (AvgIpc) is 2.25. The molecule has 0 bridgehead atoms. The third-order valence-corrected chi connectivity index (χ3v) is 1.91. The quantitative estimate of drug-likeness (QED) is 0.262. The van der Waals surface area contributed by atoms with Crippen LogP contribution in [0.4, 0.5) is 0 Å². The molecule has 0 heterocycles. The largest absolute Gasteiger partial charge is 1.00 e. The Bertz CT molecular complexity index is 452. The Balaban J connectivity index is -0.0000000521. The molecule has 0 saturated heterocycles. The molecule has 0 rings (SSSR count). The second kappa shape index (κ2) is 22.5. The molecule has 14 nitrogen and oxygen atoms in total. The number of carbonyl (C=O) groups excluding carboxylic acids is 3. The van der Waals surface area contributed by atoms with Gasteiger partial charge in [-0.05, 0) is 0 Å². The smallest absolute Gasteiger partial charge is 0.550 e. The molecule has 0 radical (unpaired) electrons. The number of aliphatic hydroxyl groups is 2. The van der Waals surface area contributed by atoms with Gasteiger partial charge in [0, 0.05) is 24.8 Å². The molecule has 0 spiro atoms. The molecular formula is C10H15Na3O14. The van der Waals surface area contributed by atoms with Crippen molar-refractivity contribution in [3.05, 3.63) is 0 Å². The van der Waals surface area contributed by atoms with Gasteiger partial charge in [-0.15, -0.1) is 0 Å². The summed E-state index contributed by atoms with van der Waals surface area (Å²) in [5, 5.41) is 62.9. The summed E-state index contributed by atoms with van der Waals surface area (Å²) in [4.78, 5) is 49.5. The van der Waals surface area contributed by atoms with Gasteiger partial charge in [0.1, 0.15) is 0 Å². The molecule has 8 N–H and O–H groups in total. The van der Waals surface area contributed by atoms with Crippen LogP contribution in [0, 0.1) is 0 Å². The van der Waals surface area contributed by atoms with Crippen molar-refractivity contribution in [2.45, 2.75) is 31.0 Å². The topological polar surface area (TPSA) is 298 Å². The van der Waals surface area contributed by atoms with Crippen molar-refractivity contribution in [2.75, 3.05) is 0 Å². The third-order valence-electron chi connectivity index (χ3n) is 1.91. The van der Waals surface area contributed by atoms with Crippen LogP contribution in [0.15, 0.2) is 0 Å². The Morgan fingerprint density at radius 1 is 0.815 bits per heavy atom. The van der Waals surface area contributed by atoms with Crippen LogP contribution in [-0.2, 0) is 24.0 Å². The molecule has 2 atom stereocenters. The van der Waals surface area contributed by atoms with E-state index >= 15 is 0 Å². The summed E-state index contributed by atoms with van der Waals surface area (Å²) in [5.74, 6) is -8.76. The molecule has 142 valence electrons. The van der Waals surface area contributed by atoms with Crippen molar-refractivity contribution in [1.29, 1.82) is 0 Å². The molecule has 0 aromatic rings. The number of carboxylic acids is 5. The van der Waals surface area contributed by atoms with Gasteiger partial charge < -0.3 is 61.1 Å². The first-order chi connectivity index (χ1) is 9.81. The van der Waals surface area contributed by atoms with Crippen LogP contribution in [0.5, 0.6) is 0 Å².